The van der Waals surface area contributed by atoms with E-state index < -0.39 is 0 Å². The molecule has 1 aromatic carbocycles. The first kappa shape index (κ1) is 19.5. The lowest BCUT2D eigenvalue weighted by Gasteiger charge is -2.05. The molecule has 138 valence electrons. The third-order valence-corrected chi connectivity index (χ3v) is 4.11. The molecule has 0 saturated carbocycles. The lowest BCUT2D eigenvalue weighted by molar-refractivity contribution is 0.309. The van der Waals surface area contributed by atoms with Crippen molar-refractivity contribution in [3.8, 4) is 11.8 Å². The average molecular weight is 354 g/mol. The first-order valence-corrected chi connectivity index (χ1v) is 9.14. The molecule has 0 spiro atoms. The molecule has 6 heteroatoms. The van der Waals surface area contributed by atoms with Crippen LogP contribution in [-0.2, 0) is 0 Å². The van der Waals surface area contributed by atoms with Crippen LogP contribution in [0.25, 0.3) is 0 Å². The molecule has 2 aromatic rings. The Kier molecular flexibility index (Phi) is 7.69. The Labute approximate surface area is 154 Å². The van der Waals surface area contributed by atoms with Gasteiger partial charge in [0.15, 0.2) is 0 Å². The van der Waals surface area contributed by atoms with E-state index in [1.54, 1.807) is 6.21 Å². The Morgan fingerprint density at radius 1 is 1.27 bits per heavy atom. The molecule has 0 bridgehead atoms. The molecule has 0 saturated heterocycles. The van der Waals surface area contributed by atoms with Crippen molar-refractivity contribution in [2.75, 3.05) is 12.0 Å². The van der Waals surface area contributed by atoms with Crippen molar-refractivity contribution in [3.63, 3.8) is 0 Å². The molecule has 0 unspecified atom stereocenters. The highest BCUT2D eigenvalue weighted by Gasteiger charge is 2.18. The van der Waals surface area contributed by atoms with Crippen LogP contribution in [0.4, 0.5) is 5.88 Å². The number of nitrogens with one attached hydrogen (secondary N) is 1. The Balaban J connectivity index is 1.98. The molecule has 1 heterocycles. The molecule has 0 aliphatic carbocycles. The summed E-state index contributed by atoms with van der Waals surface area (Å²) < 4.78 is 11.3. The minimum absolute atomic E-state index is 0.210. The number of rotatable bonds is 10. The van der Waals surface area contributed by atoms with Crippen LogP contribution in [0.5, 0.6) is 5.75 Å². The van der Waals surface area contributed by atoms with E-state index in [9.17, 15) is 5.26 Å². The van der Waals surface area contributed by atoms with Gasteiger partial charge in [0.2, 0.25) is 11.6 Å². The zero-order chi connectivity index (χ0) is 18.8. The lowest BCUT2D eigenvalue weighted by atomic mass is 10.0. The Morgan fingerprint density at radius 3 is 2.62 bits per heavy atom. The maximum Gasteiger partial charge on any atom is 0.252 e. The van der Waals surface area contributed by atoms with Gasteiger partial charge in [-0.3, -0.25) is 0 Å². The van der Waals surface area contributed by atoms with Crippen molar-refractivity contribution in [2.24, 2.45) is 5.10 Å². The van der Waals surface area contributed by atoms with E-state index in [2.05, 4.69) is 36.3 Å². The van der Waals surface area contributed by atoms with Crippen LogP contribution < -0.4 is 10.2 Å². The molecular weight excluding hydrogens is 328 g/mol. The van der Waals surface area contributed by atoms with Gasteiger partial charge in [-0.2, -0.15) is 10.4 Å². The van der Waals surface area contributed by atoms with Crippen LogP contribution in [0.15, 0.2) is 33.8 Å². The van der Waals surface area contributed by atoms with Crippen molar-refractivity contribution < 1.29 is 9.15 Å². The summed E-state index contributed by atoms with van der Waals surface area (Å²) >= 11 is 0. The Hall–Kier alpha value is -2.81. The van der Waals surface area contributed by atoms with E-state index in [-0.39, 0.29) is 17.5 Å². The number of hydrogen-bond acceptors (Lipinski definition) is 6. The number of aromatic nitrogens is 1. The maximum absolute atomic E-state index is 9.22. The van der Waals surface area contributed by atoms with E-state index in [0.29, 0.717) is 5.89 Å². The monoisotopic (exact) mass is 354 g/mol. The molecule has 0 aliphatic rings. The number of ether oxygens (including phenoxy) is 1. The predicted molar refractivity (Wildman–Crippen MR) is 103 cm³/mol. The van der Waals surface area contributed by atoms with Crippen LogP contribution in [0.2, 0.25) is 0 Å². The molecule has 26 heavy (non-hydrogen) atoms. The van der Waals surface area contributed by atoms with Crippen LogP contribution in [0, 0.1) is 11.3 Å². The molecule has 1 aromatic heterocycles. The van der Waals surface area contributed by atoms with Gasteiger partial charge >= 0.3 is 0 Å². The second-order valence-electron chi connectivity index (χ2n) is 6.00. The topological polar surface area (TPSA) is 83.4 Å². The Morgan fingerprint density at radius 2 is 2.00 bits per heavy atom. The quantitative estimate of drug-likeness (QED) is 0.366. The van der Waals surface area contributed by atoms with Crippen molar-refractivity contribution in [1.82, 2.24) is 4.98 Å². The van der Waals surface area contributed by atoms with Gasteiger partial charge in [0.05, 0.1) is 12.8 Å². The molecule has 0 radical (unpaired) electrons. The SMILES string of the molecule is CCCCOc1ccc(C=NNc2oc(C(CC)CC)nc2C#N)cc1. The minimum atomic E-state index is 0.210. The molecule has 6 nitrogen and oxygen atoms in total. The van der Waals surface area contributed by atoms with Gasteiger partial charge in [-0.1, -0.05) is 27.2 Å². The summed E-state index contributed by atoms with van der Waals surface area (Å²) in [5.41, 5.74) is 3.92. The lowest BCUT2D eigenvalue weighted by Crippen LogP contribution is -1.96. The summed E-state index contributed by atoms with van der Waals surface area (Å²) in [6.45, 7) is 7.01. The first-order valence-electron chi connectivity index (χ1n) is 9.14. The van der Waals surface area contributed by atoms with Gasteiger partial charge in [-0.05, 0) is 49.1 Å². The number of unbranched alkanes of at least 4 members (excludes halogenated alkanes) is 1. The standard InChI is InChI=1S/C20H26N4O2/c1-4-7-12-25-17-10-8-15(9-11-17)14-22-24-20-18(13-21)23-19(26-20)16(5-2)6-3/h8-11,14,16,24H,4-7,12H2,1-3H3. The summed E-state index contributed by atoms with van der Waals surface area (Å²) in [5.74, 6) is 1.92. The number of nitriles is 1. The highest BCUT2D eigenvalue weighted by atomic mass is 16.5. The zero-order valence-corrected chi connectivity index (χ0v) is 15.7. The number of oxazole rings is 1. The normalized spacial score (nSPS) is 11.0. The van der Waals surface area contributed by atoms with E-state index in [0.717, 1.165) is 43.6 Å². The molecule has 0 fully saturated rings. The van der Waals surface area contributed by atoms with Crippen LogP contribution >= 0.6 is 0 Å². The van der Waals surface area contributed by atoms with E-state index in [1.165, 1.54) is 0 Å². The summed E-state index contributed by atoms with van der Waals surface area (Å²) in [5, 5.41) is 13.4. The second kappa shape index (κ2) is 10.2. The number of anilines is 1. The molecule has 0 amide bonds. The van der Waals surface area contributed by atoms with Crippen molar-refractivity contribution in [2.45, 2.75) is 52.4 Å². The van der Waals surface area contributed by atoms with Crippen molar-refractivity contribution >= 4 is 12.1 Å². The van der Waals surface area contributed by atoms with Crippen LogP contribution in [0.1, 0.15) is 69.5 Å². The summed E-state index contributed by atoms with van der Waals surface area (Å²) in [7, 11) is 0. The smallest absolute Gasteiger partial charge is 0.252 e. The van der Waals surface area contributed by atoms with Gasteiger partial charge in [0.1, 0.15) is 11.8 Å². The first-order chi connectivity index (χ1) is 12.7. The molecule has 0 atom stereocenters. The van der Waals surface area contributed by atoms with E-state index in [1.807, 2.05) is 30.3 Å². The van der Waals surface area contributed by atoms with Gasteiger partial charge in [0.25, 0.3) is 5.88 Å². The number of hydrazone groups is 1. The van der Waals surface area contributed by atoms with Gasteiger partial charge in [-0.25, -0.2) is 10.4 Å². The fraction of sp³-hybridized carbons (Fsp3) is 0.450. The van der Waals surface area contributed by atoms with Gasteiger partial charge < -0.3 is 9.15 Å². The molecule has 2 rings (SSSR count). The third-order valence-electron chi connectivity index (χ3n) is 4.11. The van der Waals surface area contributed by atoms with Crippen molar-refractivity contribution in [1.29, 1.82) is 5.26 Å². The zero-order valence-electron chi connectivity index (χ0n) is 15.7. The number of hydrogen-bond donors (Lipinski definition) is 1. The summed E-state index contributed by atoms with van der Waals surface area (Å²) in [6, 6.07) is 9.72. The minimum Gasteiger partial charge on any atom is -0.494 e. The number of nitrogens with zero attached hydrogens (tertiary/aromatic N) is 3. The van der Waals surface area contributed by atoms with E-state index in [4.69, 9.17) is 9.15 Å². The Bertz CT molecular complexity index is 740. The van der Waals surface area contributed by atoms with E-state index >= 15 is 0 Å². The van der Waals surface area contributed by atoms with Crippen molar-refractivity contribution in [3.05, 3.63) is 41.4 Å². The molecule has 1 N–H and O–H groups in total. The molecular formula is C20H26N4O2. The van der Waals surface area contributed by atoms with Crippen LogP contribution in [0.3, 0.4) is 0 Å². The highest BCUT2D eigenvalue weighted by Crippen LogP contribution is 2.27. The third kappa shape index (κ3) is 5.35. The predicted octanol–water partition coefficient (Wildman–Crippen LogP) is 5.07. The average Bonchev–Trinajstić information content (AvgIpc) is 3.07. The highest BCUT2D eigenvalue weighted by molar-refractivity contribution is 5.80. The largest absolute Gasteiger partial charge is 0.494 e. The second-order valence-corrected chi connectivity index (χ2v) is 6.00. The van der Waals surface area contributed by atoms with Gasteiger partial charge in [0, 0.05) is 5.92 Å². The fourth-order valence-electron chi connectivity index (χ4n) is 2.45. The number of benzene rings is 1. The molecule has 0 aliphatic heterocycles. The van der Waals surface area contributed by atoms with Crippen LogP contribution in [-0.4, -0.2) is 17.8 Å². The van der Waals surface area contributed by atoms with Gasteiger partial charge in [-0.15, -0.1) is 0 Å². The maximum atomic E-state index is 9.22. The fourth-order valence-corrected chi connectivity index (χ4v) is 2.45. The summed E-state index contributed by atoms with van der Waals surface area (Å²) in [6.07, 6.45) is 5.65. The summed E-state index contributed by atoms with van der Waals surface area (Å²) in [4.78, 5) is 4.26.